The molecule has 0 N–H and O–H groups in total. The second-order valence-corrected chi connectivity index (χ2v) is 5.69. The molecule has 0 aliphatic carbocycles. The zero-order valence-corrected chi connectivity index (χ0v) is 12.1. The fraction of sp³-hybridized carbons (Fsp3) is 0.750. The van der Waals surface area contributed by atoms with E-state index in [0.717, 1.165) is 6.08 Å². The van der Waals surface area contributed by atoms with E-state index in [1.165, 1.54) is 0 Å². The molecule has 0 bridgehead atoms. The van der Waals surface area contributed by atoms with Crippen molar-refractivity contribution in [3.05, 3.63) is 12.7 Å². The molecule has 0 radical (unpaired) electrons. The van der Waals surface area contributed by atoms with Gasteiger partial charge in [-0.2, -0.15) is 8.42 Å². The van der Waals surface area contributed by atoms with Crippen molar-refractivity contribution in [1.82, 2.24) is 0 Å². The van der Waals surface area contributed by atoms with Crippen LogP contribution >= 0.6 is 0 Å². The number of hydrogen-bond donors (Lipinski definition) is 0. The summed E-state index contributed by atoms with van der Waals surface area (Å²) < 4.78 is 32.9. The summed E-state index contributed by atoms with van der Waals surface area (Å²) in [6.45, 7) is 8.77. The molecule has 0 aliphatic heterocycles. The smallest absolute Gasteiger partial charge is 0.330 e. The lowest BCUT2D eigenvalue weighted by Gasteiger charge is -2.30. The van der Waals surface area contributed by atoms with Gasteiger partial charge in [0.1, 0.15) is 5.60 Å². The molecule has 6 heteroatoms. The second-order valence-electron chi connectivity index (χ2n) is 3.93. The highest BCUT2D eigenvalue weighted by atomic mass is 32.2. The molecule has 0 aromatic carbocycles. The molecule has 0 atom stereocenters. The van der Waals surface area contributed by atoms with Crippen molar-refractivity contribution in [2.75, 3.05) is 12.4 Å². The molecule has 18 heavy (non-hydrogen) atoms. The van der Waals surface area contributed by atoms with E-state index in [4.69, 9.17) is 4.74 Å². The highest BCUT2D eigenvalue weighted by Crippen LogP contribution is 2.26. The van der Waals surface area contributed by atoms with Crippen molar-refractivity contribution < 1.29 is 22.1 Å². The Balaban J connectivity index is 4.71. The van der Waals surface area contributed by atoms with E-state index in [2.05, 4.69) is 10.8 Å². The van der Waals surface area contributed by atoms with Gasteiger partial charge in [0, 0.05) is 12.5 Å². The Morgan fingerprint density at radius 2 is 1.83 bits per heavy atom. The third-order valence-corrected chi connectivity index (χ3v) is 4.18. The van der Waals surface area contributed by atoms with Gasteiger partial charge in [-0.1, -0.05) is 20.4 Å². The summed E-state index contributed by atoms with van der Waals surface area (Å²) in [5, 5.41) is 0. The lowest BCUT2D eigenvalue weighted by Crippen LogP contribution is -2.35. The molecule has 0 aromatic rings. The van der Waals surface area contributed by atoms with E-state index in [-0.39, 0.29) is 18.8 Å². The van der Waals surface area contributed by atoms with Gasteiger partial charge in [0.05, 0.1) is 12.4 Å². The Bertz CT molecular complexity index is 368. The first kappa shape index (κ1) is 17.1. The molecule has 0 spiro atoms. The fourth-order valence-electron chi connectivity index (χ4n) is 1.60. The minimum absolute atomic E-state index is 0.111. The van der Waals surface area contributed by atoms with Crippen LogP contribution in [0, 0.1) is 0 Å². The van der Waals surface area contributed by atoms with Crippen molar-refractivity contribution in [2.24, 2.45) is 0 Å². The largest absolute Gasteiger partial charge is 0.456 e. The SMILES string of the molecule is C=CC(=O)OC(CC)(CC)CCS(=O)(=O)OCC. The van der Waals surface area contributed by atoms with E-state index in [0.29, 0.717) is 12.8 Å². The number of esters is 1. The van der Waals surface area contributed by atoms with Crippen LogP contribution < -0.4 is 0 Å². The van der Waals surface area contributed by atoms with Crippen LogP contribution in [0.15, 0.2) is 12.7 Å². The molecule has 0 aromatic heterocycles. The molecule has 0 unspecified atom stereocenters. The molecular weight excluding hydrogens is 256 g/mol. The van der Waals surface area contributed by atoms with E-state index in [1.807, 2.05) is 13.8 Å². The van der Waals surface area contributed by atoms with Gasteiger partial charge in [-0.15, -0.1) is 0 Å². The summed E-state index contributed by atoms with van der Waals surface area (Å²) in [6.07, 6.45) is 2.40. The molecule has 0 rings (SSSR count). The molecule has 5 nitrogen and oxygen atoms in total. The van der Waals surface area contributed by atoms with Crippen LogP contribution in [-0.4, -0.2) is 32.3 Å². The van der Waals surface area contributed by atoms with E-state index >= 15 is 0 Å². The third kappa shape index (κ3) is 5.64. The maximum absolute atomic E-state index is 11.5. The van der Waals surface area contributed by atoms with Gasteiger partial charge in [-0.25, -0.2) is 4.79 Å². The summed E-state index contributed by atoms with van der Waals surface area (Å²) in [5.41, 5.74) is -0.768. The number of hydrogen-bond acceptors (Lipinski definition) is 5. The van der Waals surface area contributed by atoms with Crippen LogP contribution in [-0.2, 0) is 23.8 Å². The number of rotatable bonds is 9. The van der Waals surface area contributed by atoms with Crippen LogP contribution in [0.2, 0.25) is 0 Å². The van der Waals surface area contributed by atoms with Gasteiger partial charge in [0.25, 0.3) is 10.1 Å². The predicted molar refractivity (Wildman–Crippen MR) is 69.6 cm³/mol. The third-order valence-electron chi connectivity index (χ3n) is 2.88. The Morgan fingerprint density at radius 1 is 1.28 bits per heavy atom. The number of carbonyl (C=O) groups is 1. The van der Waals surface area contributed by atoms with Gasteiger partial charge in [0.2, 0.25) is 0 Å². The first-order valence-electron chi connectivity index (χ1n) is 6.07. The average molecular weight is 278 g/mol. The molecule has 0 amide bonds. The molecule has 0 saturated heterocycles. The maximum atomic E-state index is 11.5. The first-order valence-corrected chi connectivity index (χ1v) is 7.65. The zero-order valence-electron chi connectivity index (χ0n) is 11.3. The highest BCUT2D eigenvalue weighted by Gasteiger charge is 2.31. The van der Waals surface area contributed by atoms with Crippen molar-refractivity contribution in [2.45, 2.75) is 45.6 Å². The van der Waals surface area contributed by atoms with Gasteiger partial charge < -0.3 is 4.74 Å². The van der Waals surface area contributed by atoms with Gasteiger partial charge in [-0.3, -0.25) is 4.18 Å². The Labute approximate surface area is 109 Å². The second kappa shape index (κ2) is 7.53. The van der Waals surface area contributed by atoms with Gasteiger partial charge in [-0.05, 0) is 19.8 Å². The molecular formula is C12H22O5S. The van der Waals surface area contributed by atoms with E-state index in [9.17, 15) is 13.2 Å². The van der Waals surface area contributed by atoms with Crippen LogP contribution in [0.25, 0.3) is 0 Å². The monoisotopic (exact) mass is 278 g/mol. The summed E-state index contributed by atoms with van der Waals surface area (Å²) in [4.78, 5) is 11.3. The molecule has 106 valence electrons. The topological polar surface area (TPSA) is 69.7 Å². The maximum Gasteiger partial charge on any atom is 0.330 e. The number of carbonyl (C=O) groups excluding carboxylic acids is 1. The summed E-state index contributed by atoms with van der Waals surface area (Å²) in [7, 11) is -3.54. The van der Waals surface area contributed by atoms with Crippen molar-refractivity contribution in [3.8, 4) is 0 Å². The standard InChI is InChI=1S/C12H22O5S/c1-5-11(13)17-12(6-2,7-3)9-10-18(14,15)16-8-4/h5H,1,6-10H2,2-4H3. The molecule has 0 heterocycles. The number of ether oxygens (including phenoxy) is 1. The van der Waals surface area contributed by atoms with Crippen molar-refractivity contribution in [3.63, 3.8) is 0 Å². The van der Waals surface area contributed by atoms with Crippen molar-refractivity contribution >= 4 is 16.1 Å². The molecule has 0 fully saturated rings. The Hall–Kier alpha value is -0.880. The van der Waals surface area contributed by atoms with Crippen LogP contribution in [0.3, 0.4) is 0 Å². The minimum Gasteiger partial charge on any atom is -0.456 e. The molecule has 0 saturated carbocycles. The van der Waals surface area contributed by atoms with Gasteiger partial charge >= 0.3 is 5.97 Å². The predicted octanol–water partition coefficient (Wildman–Crippen LogP) is 2.03. The Morgan fingerprint density at radius 3 is 2.22 bits per heavy atom. The van der Waals surface area contributed by atoms with Crippen LogP contribution in [0.4, 0.5) is 0 Å². The minimum atomic E-state index is -3.54. The van der Waals surface area contributed by atoms with E-state index in [1.54, 1.807) is 6.92 Å². The van der Waals surface area contributed by atoms with Crippen LogP contribution in [0.5, 0.6) is 0 Å². The van der Waals surface area contributed by atoms with Crippen LogP contribution in [0.1, 0.15) is 40.0 Å². The van der Waals surface area contributed by atoms with E-state index < -0.39 is 21.7 Å². The quantitative estimate of drug-likeness (QED) is 0.367. The van der Waals surface area contributed by atoms with Gasteiger partial charge in [0.15, 0.2) is 0 Å². The lowest BCUT2D eigenvalue weighted by atomic mass is 9.94. The zero-order chi connectivity index (χ0) is 14.2. The normalized spacial score (nSPS) is 12.2. The Kier molecular flexibility index (Phi) is 7.16. The summed E-state index contributed by atoms with van der Waals surface area (Å²) in [6, 6.07) is 0. The summed E-state index contributed by atoms with van der Waals surface area (Å²) in [5.74, 6) is -0.694. The summed E-state index contributed by atoms with van der Waals surface area (Å²) >= 11 is 0. The highest BCUT2D eigenvalue weighted by molar-refractivity contribution is 7.86. The van der Waals surface area contributed by atoms with Crippen molar-refractivity contribution in [1.29, 1.82) is 0 Å². The lowest BCUT2D eigenvalue weighted by molar-refractivity contribution is -0.154. The molecule has 0 aliphatic rings. The fourth-order valence-corrected chi connectivity index (χ4v) is 2.70. The average Bonchev–Trinajstić information content (AvgIpc) is 2.34. The first-order chi connectivity index (χ1) is 8.34.